The number of rotatable bonds is 2. The van der Waals surface area contributed by atoms with Gasteiger partial charge in [0.15, 0.2) is 0 Å². The summed E-state index contributed by atoms with van der Waals surface area (Å²) in [7, 11) is 0. The van der Waals surface area contributed by atoms with Gasteiger partial charge in [0.25, 0.3) is 0 Å². The number of nitrogen functional groups attached to an aromatic ring is 1. The van der Waals surface area contributed by atoms with E-state index in [-0.39, 0.29) is 0 Å². The van der Waals surface area contributed by atoms with Gasteiger partial charge in [-0.25, -0.2) is 0 Å². The van der Waals surface area contributed by atoms with Crippen molar-refractivity contribution >= 4 is 21.6 Å². The maximum atomic E-state index is 5.87. The molecular weight excluding hydrogens is 300 g/mol. The van der Waals surface area contributed by atoms with E-state index in [1.807, 2.05) is 6.07 Å². The van der Waals surface area contributed by atoms with E-state index in [9.17, 15) is 0 Å². The second-order valence-corrected chi connectivity index (χ2v) is 6.93. The molecule has 1 saturated heterocycles. The maximum absolute atomic E-state index is 5.87. The van der Waals surface area contributed by atoms with Crippen molar-refractivity contribution in [2.45, 2.75) is 51.1 Å². The number of hydrogen-bond acceptors (Lipinski definition) is 2. The minimum atomic E-state index is 0.831. The number of fused-ring (bicyclic) bond motifs is 1. The molecule has 3 heteroatoms. The fourth-order valence-corrected chi connectivity index (χ4v) is 4.25. The molecule has 3 rings (SSSR count). The molecule has 0 aromatic heterocycles. The van der Waals surface area contributed by atoms with Gasteiger partial charge < -0.3 is 5.73 Å². The van der Waals surface area contributed by atoms with Gasteiger partial charge in [-0.2, -0.15) is 0 Å². The summed E-state index contributed by atoms with van der Waals surface area (Å²) in [5, 5.41) is 0. The van der Waals surface area contributed by atoms with Crippen molar-refractivity contribution in [2.75, 3.05) is 12.3 Å². The largest absolute Gasteiger partial charge is 0.398 e. The maximum Gasteiger partial charge on any atom is 0.0458 e. The highest BCUT2D eigenvalue weighted by molar-refractivity contribution is 9.10. The molecular formula is C16H23BrN2. The van der Waals surface area contributed by atoms with Crippen LogP contribution in [0.15, 0.2) is 22.7 Å². The van der Waals surface area contributed by atoms with Crippen molar-refractivity contribution in [3.05, 3.63) is 28.2 Å². The lowest BCUT2D eigenvalue weighted by Crippen LogP contribution is -2.46. The molecule has 0 bridgehead atoms. The highest BCUT2D eigenvalue weighted by Gasteiger charge is 2.32. The summed E-state index contributed by atoms with van der Waals surface area (Å²) in [4.78, 5) is 2.71. The van der Waals surface area contributed by atoms with Gasteiger partial charge >= 0.3 is 0 Å². The quantitative estimate of drug-likeness (QED) is 0.827. The van der Waals surface area contributed by atoms with Crippen LogP contribution in [0.25, 0.3) is 0 Å². The van der Waals surface area contributed by atoms with Crippen LogP contribution in [0, 0.1) is 5.92 Å². The molecule has 2 fully saturated rings. The van der Waals surface area contributed by atoms with Gasteiger partial charge in [-0.05, 0) is 71.8 Å². The number of nitrogens with zero attached hydrogens (tertiary/aromatic N) is 1. The first-order chi connectivity index (χ1) is 9.24. The predicted octanol–water partition coefficient (Wildman–Crippen LogP) is 4.19. The van der Waals surface area contributed by atoms with Crippen LogP contribution in [-0.4, -0.2) is 17.5 Å². The Morgan fingerprint density at radius 1 is 1.16 bits per heavy atom. The second-order valence-electron chi connectivity index (χ2n) is 6.08. The van der Waals surface area contributed by atoms with E-state index in [0.717, 1.165) is 28.7 Å². The number of piperidine rings is 1. The van der Waals surface area contributed by atoms with Crippen molar-refractivity contribution in [3.8, 4) is 0 Å². The van der Waals surface area contributed by atoms with Crippen molar-refractivity contribution in [1.82, 2.24) is 4.90 Å². The molecule has 1 aliphatic heterocycles. The molecule has 0 radical (unpaired) electrons. The number of hydrogen-bond donors (Lipinski definition) is 1. The first-order valence-electron chi connectivity index (χ1n) is 7.52. The summed E-state index contributed by atoms with van der Waals surface area (Å²) < 4.78 is 1.03. The topological polar surface area (TPSA) is 29.3 Å². The summed E-state index contributed by atoms with van der Waals surface area (Å²) >= 11 is 3.54. The van der Waals surface area contributed by atoms with Crippen LogP contribution in [0.4, 0.5) is 5.69 Å². The summed E-state index contributed by atoms with van der Waals surface area (Å²) in [6.07, 6.45) is 8.54. The van der Waals surface area contributed by atoms with Gasteiger partial charge in [0.05, 0.1) is 0 Å². The smallest absolute Gasteiger partial charge is 0.0458 e. The highest BCUT2D eigenvalue weighted by atomic mass is 79.9. The van der Waals surface area contributed by atoms with Gasteiger partial charge in [-0.3, -0.25) is 4.90 Å². The van der Waals surface area contributed by atoms with Crippen LogP contribution in [-0.2, 0) is 6.54 Å². The molecule has 2 atom stereocenters. The van der Waals surface area contributed by atoms with Gasteiger partial charge in [-0.15, -0.1) is 0 Å². The highest BCUT2D eigenvalue weighted by Crippen LogP contribution is 2.36. The molecule has 0 spiro atoms. The number of nitrogens with two attached hydrogens (primary N) is 1. The van der Waals surface area contributed by atoms with E-state index < -0.39 is 0 Å². The first-order valence-corrected chi connectivity index (χ1v) is 8.31. The molecule has 2 nitrogen and oxygen atoms in total. The predicted molar refractivity (Wildman–Crippen MR) is 83.9 cm³/mol. The molecule has 104 valence electrons. The average molecular weight is 323 g/mol. The third kappa shape index (κ3) is 2.97. The Morgan fingerprint density at radius 3 is 2.79 bits per heavy atom. The zero-order valence-electron chi connectivity index (χ0n) is 11.4. The SMILES string of the molecule is Nc1ccc(CN2CCC[C@H]3CCCC[C@H]32)cc1Br. The van der Waals surface area contributed by atoms with Gasteiger partial charge in [-0.1, -0.05) is 18.9 Å². The number of likely N-dealkylation sites (tertiary alicyclic amines) is 1. The molecule has 2 N–H and O–H groups in total. The Hall–Kier alpha value is -0.540. The molecule has 0 amide bonds. The van der Waals surface area contributed by atoms with Crippen LogP contribution in [0.2, 0.25) is 0 Å². The third-order valence-corrected chi connectivity index (χ3v) is 5.50. The van der Waals surface area contributed by atoms with Crippen molar-refractivity contribution in [2.24, 2.45) is 5.92 Å². The lowest BCUT2D eigenvalue weighted by molar-refractivity contribution is 0.0547. The summed E-state index contributed by atoms with van der Waals surface area (Å²) in [5.41, 5.74) is 8.08. The molecule has 1 aliphatic carbocycles. The van der Waals surface area contributed by atoms with E-state index in [1.165, 1.54) is 50.6 Å². The van der Waals surface area contributed by atoms with Gasteiger partial charge in [0, 0.05) is 22.7 Å². The Kier molecular flexibility index (Phi) is 4.13. The molecule has 1 saturated carbocycles. The Labute approximate surface area is 124 Å². The van der Waals surface area contributed by atoms with Crippen LogP contribution < -0.4 is 5.73 Å². The monoisotopic (exact) mass is 322 g/mol. The third-order valence-electron chi connectivity index (χ3n) is 4.81. The lowest BCUT2D eigenvalue weighted by atomic mass is 9.78. The standard InChI is InChI=1S/C16H23BrN2/c17-14-10-12(7-8-15(14)18)11-19-9-3-5-13-4-1-2-6-16(13)19/h7-8,10,13,16H,1-6,9,11,18H2/t13-,16-/m1/s1. The van der Waals surface area contributed by atoms with E-state index in [2.05, 4.69) is 33.0 Å². The van der Waals surface area contributed by atoms with Crippen LogP contribution >= 0.6 is 15.9 Å². The summed E-state index contributed by atoms with van der Waals surface area (Å²) in [6.45, 7) is 2.35. The minimum Gasteiger partial charge on any atom is -0.398 e. The fourth-order valence-electron chi connectivity index (χ4n) is 3.83. The van der Waals surface area contributed by atoms with Crippen molar-refractivity contribution < 1.29 is 0 Å². The zero-order valence-corrected chi connectivity index (χ0v) is 13.0. The van der Waals surface area contributed by atoms with Gasteiger partial charge in [0.1, 0.15) is 0 Å². The Balaban J connectivity index is 1.72. The average Bonchev–Trinajstić information content (AvgIpc) is 2.43. The molecule has 19 heavy (non-hydrogen) atoms. The lowest BCUT2D eigenvalue weighted by Gasteiger charge is -2.44. The van der Waals surface area contributed by atoms with E-state index in [0.29, 0.717) is 0 Å². The Morgan fingerprint density at radius 2 is 1.95 bits per heavy atom. The molecule has 1 aromatic rings. The van der Waals surface area contributed by atoms with Crippen LogP contribution in [0.3, 0.4) is 0 Å². The zero-order chi connectivity index (χ0) is 13.2. The van der Waals surface area contributed by atoms with E-state index >= 15 is 0 Å². The van der Waals surface area contributed by atoms with Gasteiger partial charge in [0.2, 0.25) is 0 Å². The van der Waals surface area contributed by atoms with E-state index in [1.54, 1.807) is 0 Å². The fraction of sp³-hybridized carbons (Fsp3) is 0.625. The molecule has 0 unspecified atom stereocenters. The van der Waals surface area contributed by atoms with Crippen molar-refractivity contribution in [1.29, 1.82) is 0 Å². The normalized spacial score (nSPS) is 28.1. The first kappa shape index (κ1) is 13.4. The number of benzene rings is 1. The number of halogens is 1. The number of anilines is 1. The van der Waals surface area contributed by atoms with Crippen molar-refractivity contribution in [3.63, 3.8) is 0 Å². The molecule has 2 aliphatic rings. The van der Waals surface area contributed by atoms with Crippen LogP contribution in [0.1, 0.15) is 44.1 Å². The van der Waals surface area contributed by atoms with E-state index in [4.69, 9.17) is 5.73 Å². The summed E-state index contributed by atoms with van der Waals surface area (Å²) in [5.74, 6) is 0.958. The Bertz CT molecular complexity index is 444. The summed E-state index contributed by atoms with van der Waals surface area (Å²) in [6, 6.07) is 7.20. The molecule has 1 heterocycles. The van der Waals surface area contributed by atoms with Crippen LogP contribution in [0.5, 0.6) is 0 Å². The minimum absolute atomic E-state index is 0.831. The molecule has 1 aromatic carbocycles. The second kappa shape index (κ2) is 5.84.